The molecule has 7 nitrogen and oxygen atoms in total. The van der Waals surface area contributed by atoms with Crippen LogP contribution >= 0.6 is 11.8 Å². The van der Waals surface area contributed by atoms with E-state index in [4.69, 9.17) is 14.2 Å². The first kappa shape index (κ1) is 18.5. The van der Waals surface area contributed by atoms with Gasteiger partial charge in [-0.05, 0) is 17.7 Å². The number of hydrogen-bond donors (Lipinski definition) is 2. The molecule has 1 saturated heterocycles. The molecule has 0 spiro atoms. The maximum Gasteiger partial charge on any atom is 0.161 e. The van der Waals surface area contributed by atoms with Crippen molar-refractivity contribution in [3.8, 4) is 5.75 Å². The van der Waals surface area contributed by atoms with Crippen LogP contribution in [0.25, 0.3) is 0 Å². The first-order chi connectivity index (χ1) is 12.0. The lowest BCUT2D eigenvalue weighted by molar-refractivity contribution is -0.171. The lowest BCUT2D eigenvalue weighted by atomic mass is 9.99. The Balaban J connectivity index is 1.55. The Bertz CT molecular complexity index is 627. The number of ether oxygens (including phenoxy) is 3. The molecule has 2 aliphatic heterocycles. The van der Waals surface area contributed by atoms with Crippen molar-refractivity contribution in [2.45, 2.75) is 36.4 Å². The van der Waals surface area contributed by atoms with Crippen molar-refractivity contribution in [3.05, 3.63) is 29.8 Å². The number of aliphatic imine (C=N–C) groups is 1. The van der Waals surface area contributed by atoms with Crippen molar-refractivity contribution in [1.82, 2.24) is 4.90 Å². The number of aliphatic hydroxyl groups excluding tert-OH is 2. The molecule has 0 aliphatic carbocycles. The molecule has 0 unspecified atom stereocenters. The first-order valence-corrected chi connectivity index (χ1v) is 9.01. The Morgan fingerprint density at radius 3 is 2.80 bits per heavy atom. The van der Waals surface area contributed by atoms with E-state index in [1.54, 1.807) is 7.11 Å². The van der Waals surface area contributed by atoms with Crippen molar-refractivity contribution in [2.24, 2.45) is 4.99 Å². The summed E-state index contributed by atoms with van der Waals surface area (Å²) in [6.07, 6.45) is -2.59. The number of amidine groups is 1. The van der Waals surface area contributed by atoms with Crippen LogP contribution in [-0.2, 0) is 16.1 Å². The summed E-state index contributed by atoms with van der Waals surface area (Å²) in [5, 5.41) is 21.5. The molecule has 1 aromatic rings. The molecule has 8 heteroatoms. The standard InChI is InChI=1S/C17H24N2O5S/c1-19(2)17-18-13-15(21)14(20)12(24-16(13)25-17)9-23-8-10-5-4-6-11(7-10)22-3/h4-7,12-16,20-21H,8-9H2,1-3H3/t12-,13-,14-,15-,16-/m1/s1. The van der Waals surface area contributed by atoms with Crippen LogP contribution in [0.15, 0.2) is 29.3 Å². The van der Waals surface area contributed by atoms with E-state index < -0.39 is 24.4 Å². The summed E-state index contributed by atoms with van der Waals surface area (Å²) in [5.74, 6) is 0.768. The normalized spacial score (nSPS) is 31.4. The van der Waals surface area contributed by atoms with Gasteiger partial charge in [-0.15, -0.1) is 0 Å². The molecule has 0 bridgehead atoms. The Labute approximate surface area is 151 Å². The number of rotatable bonds is 5. The van der Waals surface area contributed by atoms with Crippen LogP contribution in [-0.4, -0.2) is 77.9 Å². The average molecular weight is 368 g/mol. The average Bonchev–Trinajstić information content (AvgIpc) is 3.04. The lowest BCUT2D eigenvalue weighted by Crippen LogP contribution is -2.56. The third-order valence-electron chi connectivity index (χ3n) is 4.22. The smallest absolute Gasteiger partial charge is 0.161 e. The fourth-order valence-corrected chi connectivity index (χ4v) is 3.99. The molecule has 2 heterocycles. The number of hydrogen-bond acceptors (Lipinski definition) is 8. The first-order valence-electron chi connectivity index (χ1n) is 8.13. The zero-order valence-electron chi connectivity index (χ0n) is 14.5. The molecule has 3 rings (SSSR count). The van der Waals surface area contributed by atoms with Crippen LogP contribution in [0.1, 0.15) is 5.56 Å². The van der Waals surface area contributed by atoms with Crippen LogP contribution in [0.2, 0.25) is 0 Å². The van der Waals surface area contributed by atoms with E-state index in [-0.39, 0.29) is 12.0 Å². The molecule has 2 aliphatic rings. The molecule has 1 fully saturated rings. The summed E-state index contributed by atoms with van der Waals surface area (Å²) in [6.45, 7) is 0.567. The Morgan fingerprint density at radius 1 is 1.28 bits per heavy atom. The number of thioether (sulfide) groups is 1. The summed E-state index contributed by atoms with van der Waals surface area (Å²) >= 11 is 1.46. The van der Waals surface area contributed by atoms with Crippen LogP contribution in [0, 0.1) is 0 Å². The lowest BCUT2D eigenvalue weighted by Gasteiger charge is -2.38. The Morgan fingerprint density at radius 2 is 2.08 bits per heavy atom. The second-order valence-electron chi connectivity index (χ2n) is 6.31. The van der Waals surface area contributed by atoms with Crippen molar-refractivity contribution in [2.75, 3.05) is 27.8 Å². The molecule has 0 radical (unpaired) electrons. The van der Waals surface area contributed by atoms with E-state index in [2.05, 4.69) is 4.99 Å². The molecule has 138 valence electrons. The number of methoxy groups -OCH3 is 1. The summed E-state index contributed by atoms with van der Waals surface area (Å²) in [6, 6.07) is 7.15. The highest BCUT2D eigenvalue weighted by Gasteiger charge is 2.48. The van der Waals surface area contributed by atoms with Gasteiger partial charge in [-0.3, -0.25) is 4.99 Å². The van der Waals surface area contributed by atoms with E-state index in [1.807, 2.05) is 43.3 Å². The fraction of sp³-hybridized carbons (Fsp3) is 0.588. The molecule has 0 amide bonds. The summed E-state index contributed by atoms with van der Waals surface area (Å²) in [5.41, 5.74) is 0.665. The third kappa shape index (κ3) is 4.09. The van der Waals surface area contributed by atoms with Crippen LogP contribution in [0.4, 0.5) is 0 Å². The van der Waals surface area contributed by atoms with E-state index in [9.17, 15) is 10.2 Å². The molecule has 25 heavy (non-hydrogen) atoms. The number of fused-ring (bicyclic) bond motifs is 1. The topological polar surface area (TPSA) is 83.8 Å². The van der Waals surface area contributed by atoms with Crippen molar-refractivity contribution in [1.29, 1.82) is 0 Å². The van der Waals surface area contributed by atoms with E-state index >= 15 is 0 Å². The molecular weight excluding hydrogens is 344 g/mol. The van der Waals surface area contributed by atoms with Crippen LogP contribution in [0.5, 0.6) is 5.75 Å². The quantitative estimate of drug-likeness (QED) is 0.791. The highest BCUT2D eigenvalue weighted by Crippen LogP contribution is 2.37. The van der Waals surface area contributed by atoms with Gasteiger partial charge < -0.3 is 29.3 Å². The summed E-state index contributed by atoms with van der Waals surface area (Å²) in [7, 11) is 5.40. The van der Waals surface area contributed by atoms with Gasteiger partial charge in [0.15, 0.2) is 5.17 Å². The predicted molar refractivity (Wildman–Crippen MR) is 95.8 cm³/mol. The van der Waals surface area contributed by atoms with Gasteiger partial charge in [0, 0.05) is 14.1 Å². The van der Waals surface area contributed by atoms with Crippen molar-refractivity contribution >= 4 is 16.9 Å². The molecule has 2 N–H and O–H groups in total. The molecule has 1 aromatic carbocycles. The Kier molecular flexibility index (Phi) is 5.85. The van der Waals surface area contributed by atoms with Gasteiger partial charge in [-0.1, -0.05) is 23.9 Å². The maximum atomic E-state index is 10.4. The molecule has 0 saturated carbocycles. The largest absolute Gasteiger partial charge is 0.497 e. The fourth-order valence-electron chi connectivity index (χ4n) is 2.83. The summed E-state index contributed by atoms with van der Waals surface area (Å²) in [4.78, 5) is 6.31. The van der Waals surface area contributed by atoms with Gasteiger partial charge in [-0.25, -0.2) is 0 Å². The van der Waals surface area contributed by atoms with Gasteiger partial charge >= 0.3 is 0 Å². The second-order valence-corrected chi connectivity index (χ2v) is 7.37. The summed E-state index contributed by atoms with van der Waals surface area (Å²) < 4.78 is 16.8. The second kappa shape index (κ2) is 7.92. The number of benzene rings is 1. The highest BCUT2D eigenvalue weighted by atomic mass is 32.2. The molecular formula is C17H24N2O5S. The maximum absolute atomic E-state index is 10.4. The SMILES string of the molecule is COc1cccc(COC[C@H]2O[C@@H]3SC(N(C)C)=N[C@@H]3[C@@H](O)[C@@H]2O)c1. The van der Waals surface area contributed by atoms with Crippen LogP contribution < -0.4 is 4.74 Å². The van der Waals surface area contributed by atoms with Crippen LogP contribution in [0.3, 0.4) is 0 Å². The minimum Gasteiger partial charge on any atom is -0.497 e. The zero-order valence-corrected chi connectivity index (χ0v) is 15.3. The molecule has 5 atom stereocenters. The number of aliphatic hydroxyl groups is 2. The van der Waals surface area contributed by atoms with Gasteiger partial charge in [0.2, 0.25) is 0 Å². The van der Waals surface area contributed by atoms with Gasteiger partial charge in [0.1, 0.15) is 35.5 Å². The van der Waals surface area contributed by atoms with Gasteiger partial charge in [-0.2, -0.15) is 0 Å². The minimum atomic E-state index is -1.03. The van der Waals surface area contributed by atoms with Crippen molar-refractivity contribution < 1.29 is 24.4 Å². The van der Waals surface area contributed by atoms with Gasteiger partial charge in [0.05, 0.1) is 20.3 Å². The highest BCUT2D eigenvalue weighted by molar-refractivity contribution is 8.14. The Hall–Kier alpha value is -1.32. The monoisotopic (exact) mass is 368 g/mol. The third-order valence-corrected chi connectivity index (χ3v) is 5.52. The van der Waals surface area contributed by atoms with E-state index in [0.717, 1.165) is 16.5 Å². The minimum absolute atomic E-state index is 0.191. The molecule has 0 aromatic heterocycles. The van der Waals surface area contributed by atoms with Gasteiger partial charge in [0.25, 0.3) is 0 Å². The van der Waals surface area contributed by atoms with Crippen molar-refractivity contribution in [3.63, 3.8) is 0 Å². The number of nitrogens with zero attached hydrogens (tertiary/aromatic N) is 2. The van der Waals surface area contributed by atoms with E-state index in [1.165, 1.54) is 11.8 Å². The van der Waals surface area contributed by atoms with E-state index in [0.29, 0.717) is 6.61 Å². The zero-order chi connectivity index (χ0) is 18.0. The predicted octanol–water partition coefficient (Wildman–Crippen LogP) is 0.691.